The van der Waals surface area contributed by atoms with Crippen LogP contribution in [0.25, 0.3) is 0 Å². The molecule has 2 aliphatic rings. The van der Waals surface area contributed by atoms with Gasteiger partial charge >= 0.3 is 17.9 Å². The van der Waals surface area contributed by atoms with Gasteiger partial charge in [0.05, 0.1) is 33.0 Å². The molecule has 0 saturated carbocycles. The normalized spacial score (nSPS) is 25.7. The number of esters is 3. The molecular weight excluding hydrogens is 815 g/mol. The Hall–Kier alpha value is -5.52. The first-order valence-electron chi connectivity index (χ1n) is 20.8. The van der Waals surface area contributed by atoms with Crippen LogP contribution >= 0.6 is 0 Å². The SMILES string of the molecule is CC(=O)N[C@H]1[C@H](O[C@H]2[C@H](OCc3ccccc3)[C@@H](OCc3ccccc3)[C@H](OCc3ccccc3)O[C@@H]2COCc2ccccc2)O[C@H](COC(C)=O)[C@@H](OC(C)=O)[C@@H]1OC(C)=O. The molecule has 2 saturated heterocycles. The number of nitrogens with one attached hydrogen (secondary N) is 1. The number of rotatable bonds is 20. The zero-order valence-electron chi connectivity index (χ0n) is 35.8. The van der Waals surface area contributed by atoms with E-state index in [1.54, 1.807) is 0 Å². The van der Waals surface area contributed by atoms with E-state index in [-0.39, 0.29) is 33.0 Å². The molecule has 0 aromatic heterocycles. The molecule has 0 radical (unpaired) electrons. The third-order valence-electron chi connectivity index (χ3n) is 10.2. The number of amides is 1. The summed E-state index contributed by atoms with van der Waals surface area (Å²) in [7, 11) is 0. The van der Waals surface area contributed by atoms with E-state index < -0.39 is 91.8 Å². The van der Waals surface area contributed by atoms with Crippen molar-refractivity contribution in [3.05, 3.63) is 144 Å². The van der Waals surface area contributed by atoms with E-state index in [0.717, 1.165) is 22.3 Å². The van der Waals surface area contributed by atoms with Crippen molar-refractivity contribution in [1.29, 1.82) is 0 Å². The van der Waals surface area contributed by atoms with Crippen molar-refractivity contribution in [1.82, 2.24) is 5.32 Å². The van der Waals surface area contributed by atoms with Gasteiger partial charge in [0.1, 0.15) is 43.2 Å². The molecule has 0 aliphatic carbocycles. The van der Waals surface area contributed by atoms with Gasteiger partial charge in [0.25, 0.3) is 0 Å². The fourth-order valence-corrected chi connectivity index (χ4v) is 7.39. The molecule has 0 unspecified atom stereocenters. The average Bonchev–Trinajstić information content (AvgIpc) is 3.27. The maximum Gasteiger partial charge on any atom is 0.303 e. The monoisotopic (exact) mass is 869 g/mol. The number of carbonyl (C=O) groups is 4. The van der Waals surface area contributed by atoms with Crippen molar-refractivity contribution in [2.75, 3.05) is 13.2 Å². The fraction of sp³-hybridized carbons (Fsp3) is 0.417. The smallest absolute Gasteiger partial charge is 0.303 e. The van der Waals surface area contributed by atoms with Gasteiger partial charge in [0.15, 0.2) is 24.8 Å². The van der Waals surface area contributed by atoms with Gasteiger partial charge in [-0.05, 0) is 22.3 Å². The maximum atomic E-state index is 12.9. The number of carbonyl (C=O) groups excluding carboxylic acids is 4. The lowest BCUT2D eigenvalue weighted by atomic mass is 9.94. The van der Waals surface area contributed by atoms with Gasteiger partial charge < -0.3 is 52.7 Å². The zero-order chi connectivity index (χ0) is 44.6. The van der Waals surface area contributed by atoms with E-state index in [4.69, 9.17) is 47.4 Å². The van der Waals surface area contributed by atoms with Crippen LogP contribution in [0.1, 0.15) is 49.9 Å². The predicted molar refractivity (Wildman–Crippen MR) is 225 cm³/mol. The molecule has 1 amide bonds. The van der Waals surface area contributed by atoms with Gasteiger partial charge in [-0.15, -0.1) is 0 Å². The second kappa shape index (κ2) is 23.8. The lowest BCUT2D eigenvalue weighted by Crippen LogP contribution is -2.69. The van der Waals surface area contributed by atoms with Crippen molar-refractivity contribution < 1.29 is 66.5 Å². The number of hydrogen-bond donors (Lipinski definition) is 1. The largest absolute Gasteiger partial charge is 0.463 e. The third kappa shape index (κ3) is 14.2. The first-order chi connectivity index (χ1) is 30.5. The van der Waals surface area contributed by atoms with E-state index in [9.17, 15) is 19.2 Å². The predicted octanol–water partition coefficient (Wildman–Crippen LogP) is 5.36. The number of hydrogen-bond acceptors (Lipinski definition) is 14. The summed E-state index contributed by atoms with van der Waals surface area (Å²) in [5.74, 6) is -2.66. The minimum absolute atomic E-state index is 0.0425. The molecule has 63 heavy (non-hydrogen) atoms. The molecule has 15 nitrogen and oxygen atoms in total. The molecule has 10 atom stereocenters. The molecular formula is C48H55NO14. The van der Waals surface area contributed by atoms with Gasteiger partial charge in [-0.2, -0.15) is 0 Å². The van der Waals surface area contributed by atoms with Crippen molar-refractivity contribution in [2.45, 2.75) is 115 Å². The van der Waals surface area contributed by atoms with Crippen LogP contribution in [0.2, 0.25) is 0 Å². The second-order valence-corrected chi connectivity index (χ2v) is 15.2. The lowest BCUT2D eigenvalue weighted by Gasteiger charge is -2.50. The number of benzene rings is 4. The molecule has 15 heteroatoms. The first-order valence-corrected chi connectivity index (χ1v) is 20.8. The van der Waals surface area contributed by atoms with Crippen LogP contribution in [0.3, 0.4) is 0 Å². The highest BCUT2D eigenvalue weighted by molar-refractivity contribution is 5.73. The molecule has 4 aromatic carbocycles. The molecule has 6 rings (SSSR count). The Bertz CT molecular complexity index is 2020. The van der Waals surface area contributed by atoms with Crippen molar-refractivity contribution in [3.63, 3.8) is 0 Å². The summed E-state index contributed by atoms with van der Waals surface area (Å²) in [6, 6.07) is 37.1. The quantitative estimate of drug-likeness (QED) is 0.0889. The summed E-state index contributed by atoms with van der Waals surface area (Å²) < 4.78 is 63.6. The summed E-state index contributed by atoms with van der Waals surface area (Å²) in [6.45, 7) is 5.01. The van der Waals surface area contributed by atoms with E-state index in [1.165, 1.54) is 27.7 Å². The van der Waals surface area contributed by atoms with Crippen LogP contribution in [-0.4, -0.2) is 98.4 Å². The number of ether oxygens (including phenoxy) is 10. The van der Waals surface area contributed by atoms with Gasteiger partial charge in [0.2, 0.25) is 5.91 Å². The summed E-state index contributed by atoms with van der Waals surface area (Å²) in [5.41, 5.74) is 3.54. The molecule has 0 bridgehead atoms. The zero-order valence-corrected chi connectivity index (χ0v) is 35.8. The van der Waals surface area contributed by atoms with Crippen LogP contribution < -0.4 is 5.32 Å². The molecule has 2 heterocycles. The fourth-order valence-electron chi connectivity index (χ4n) is 7.39. The van der Waals surface area contributed by atoms with E-state index in [2.05, 4.69) is 5.32 Å². The summed E-state index contributed by atoms with van der Waals surface area (Å²) in [4.78, 5) is 50.2. The Morgan fingerprint density at radius 3 is 1.41 bits per heavy atom. The maximum absolute atomic E-state index is 12.9. The summed E-state index contributed by atoms with van der Waals surface area (Å²) in [5, 5.41) is 2.79. The van der Waals surface area contributed by atoms with Crippen molar-refractivity contribution in [3.8, 4) is 0 Å². The Morgan fingerprint density at radius 2 is 0.921 bits per heavy atom. The van der Waals surface area contributed by atoms with Crippen molar-refractivity contribution >= 4 is 23.8 Å². The Labute approximate surface area is 367 Å². The highest BCUT2D eigenvalue weighted by atomic mass is 16.8. The summed E-state index contributed by atoms with van der Waals surface area (Å²) in [6.07, 6.45) is -10.4. The minimum atomic E-state index is -1.46. The topological polar surface area (TPSA) is 173 Å². The highest BCUT2D eigenvalue weighted by Crippen LogP contribution is 2.35. The highest BCUT2D eigenvalue weighted by Gasteiger charge is 2.55. The lowest BCUT2D eigenvalue weighted by molar-refractivity contribution is -0.360. The molecule has 0 spiro atoms. The van der Waals surface area contributed by atoms with Crippen LogP contribution in [-0.2, 0) is 93.0 Å². The van der Waals surface area contributed by atoms with E-state index in [0.29, 0.717) is 0 Å². The van der Waals surface area contributed by atoms with Crippen LogP contribution in [0, 0.1) is 0 Å². The average molecular weight is 870 g/mol. The standard InChI is InChI=1S/C48H55NO14/c1-31(50)49-41-44(60-34(4)53)42(59-33(3)52)40(30-55-32(2)51)61-47(41)63-43-39(29-54-25-35-17-9-5-10-18-35)62-48(58-28-38-23-15-8-16-24-38)46(57-27-37-21-13-7-14-22-37)45(43)56-26-36-19-11-6-12-20-36/h5-24,39-48H,25-30H2,1-4H3,(H,49,50)/t39-,40-,41-,42-,43-,44-,45+,46-,47+,48-/m1/s1. The van der Waals surface area contributed by atoms with E-state index in [1.807, 2.05) is 121 Å². The first kappa shape index (κ1) is 47.0. The van der Waals surface area contributed by atoms with Gasteiger partial charge in [-0.3, -0.25) is 19.2 Å². The minimum Gasteiger partial charge on any atom is -0.463 e. The van der Waals surface area contributed by atoms with Gasteiger partial charge in [-0.1, -0.05) is 121 Å². The summed E-state index contributed by atoms with van der Waals surface area (Å²) >= 11 is 0. The molecule has 4 aromatic rings. The van der Waals surface area contributed by atoms with Crippen LogP contribution in [0.15, 0.2) is 121 Å². The molecule has 1 N–H and O–H groups in total. The van der Waals surface area contributed by atoms with Gasteiger partial charge in [-0.25, -0.2) is 0 Å². The van der Waals surface area contributed by atoms with E-state index >= 15 is 0 Å². The third-order valence-corrected chi connectivity index (χ3v) is 10.2. The molecule has 2 aliphatic heterocycles. The molecule has 2 fully saturated rings. The second-order valence-electron chi connectivity index (χ2n) is 15.2. The Balaban J connectivity index is 1.43. The van der Waals surface area contributed by atoms with Crippen LogP contribution in [0.4, 0.5) is 0 Å². The molecule has 336 valence electrons. The van der Waals surface area contributed by atoms with Crippen molar-refractivity contribution in [2.24, 2.45) is 0 Å². The van der Waals surface area contributed by atoms with Crippen LogP contribution in [0.5, 0.6) is 0 Å². The Kier molecular flexibility index (Phi) is 17.7. The van der Waals surface area contributed by atoms with Gasteiger partial charge in [0, 0.05) is 27.7 Å². The Morgan fingerprint density at radius 1 is 0.476 bits per heavy atom.